The monoisotopic (exact) mass is 329 g/mol. The first kappa shape index (κ1) is 16.2. The smallest absolute Gasteiger partial charge is 0.142 e. The molecule has 0 bridgehead atoms. The third-order valence-corrected chi connectivity index (χ3v) is 4.00. The Hall–Kier alpha value is -1.16. The van der Waals surface area contributed by atoms with Gasteiger partial charge in [-0.25, -0.2) is 8.78 Å². The van der Waals surface area contributed by atoms with Crippen LogP contribution in [0, 0.1) is 11.6 Å². The Morgan fingerprint density at radius 3 is 2.38 bits per heavy atom. The van der Waals surface area contributed by atoms with Crippen molar-refractivity contribution in [2.45, 2.75) is 19.4 Å². The fraction of sp³-hybridized carbons (Fsp3) is 0.250. The highest BCUT2D eigenvalue weighted by Crippen LogP contribution is 2.32. The summed E-state index contributed by atoms with van der Waals surface area (Å²) < 4.78 is 26.3. The van der Waals surface area contributed by atoms with Crippen molar-refractivity contribution in [3.8, 4) is 0 Å². The van der Waals surface area contributed by atoms with Gasteiger partial charge in [0.2, 0.25) is 0 Å². The van der Waals surface area contributed by atoms with Gasteiger partial charge < -0.3 is 5.32 Å². The fourth-order valence-corrected chi connectivity index (χ4v) is 2.82. The molecule has 0 radical (unpaired) electrons. The van der Waals surface area contributed by atoms with Crippen molar-refractivity contribution in [2.75, 3.05) is 6.54 Å². The average molecular weight is 330 g/mol. The maximum atomic E-state index is 13.5. The highest BCUT2D eigenvalue weighted by Gasteiger charge is 2.16. The lowest BCUT2D eigenvalue weighted by Gasteiger charge is -2.17. The first-order chi connectivity index (χ1) is 9.99. The topological polar surface area (TPSA) is 12.0 Å². The van der Waals surface area contributed by atoms with E-state index >= 15 is 0 Å². The Morgan fingerprint density at radius 2 is 1.71 bits per heavy atom. The Morgan fingerprint density at radius 1 is 1.05 bits per heavy atom. The highest BCUT2D eigenvalue weighted by molar-refractivity contribution is 6.36. The summed E-state index contributed by atoms with van der Waals surface area (Å²) in [4.78, 5) is 0. The van der Waals surface area contributed by atoms with E-state index in [-0.39, 0.29) is 16.9 Å². The number of hydrogen-bond acceptors (Lipinski definition) is 1. The lowest BCUT2D eigenvalue weighted by atomic mass is 10.1. The Balaban J connectivity index is 1.97. The van der Waals surface area contributed by atoms with Gasteiger partial charge in [0.05, 0.1) is 5.02 Å². The van der Waals surface area contributed by atoms with Crippen LogP contribution in [-0.4, -0.2) is 6.54 Å². The summed E-state index contributed by atoms with van der Waals surface area (Å²) in [5, 5.41) is 3.72. The van der Waals surface area contributed by atoms with Crippen LogP contribution in [0.5, 0.6) is 0 Å². The van der Waals surface area contributed by atoms with E-state index in [1.807, 2.05) is 6.92 Å². The molecule has 0 aliphatic heterocycles. The average Bonchev–Trinajstić information content (AvgIpc) is 2.45. The largest absolute Gasteiger partial charge is 0.310 e. The van der Waals surface area contributed by atoms with Crippen LogP contribution in [0.15, 0.2) is 36.4 Å². The molecule has 1 unspecified atom stereocenters. The molecule has 2 aromatic rings. The van der Waals surface area contributed by atoms with Gasteiger partial charge in [-0.15, -0.1) is 0 Å². The molecular formula is C16H15Cl2F2N. The molecule has 1 nitrogen and oxygen atoms in total. The van der Waals surface area contributed by atoms with Gasteiger partial charge in [-0.05, 0) is 49.7 Å². The highest BCUT2D eigenvalue weighted by atomic mass is 35.5. The zero-order valence-corrected chi connectivity index (χ0v) is 13.0. The first-order valence-electron chi connectivity index (χ1n) is 6.60. The van der Waals surface area contributed by atoms with E-state index in [1.54, 1.807) is 12.1 Å². The second-order valence-electron chi connectivity index (χ2n) is 4.81. The SMILES string of the molecule is CC(NCCc1ccc(F)cc1)c1c(Cl)ccc(F)c1Cl. The van der Waals surface area contributed by atoms with Crippen molar-refractivity contribution >= 4 is 23.2 Å². The predicted molar refractivity (Wildman–Crippen MR) is 82.9 cm³/mol. The Bertz CT molecular complexity index is 614. The molecule has 2 rings (SSSR count). The molecule has 0 fully saturated rings. The van der Waals surface area contributed by atoms with Crippen LogP contribution in [0.25, 0.3) is 0 Å². The van der Waals surface area contributed by atoms with Gasteiger partial charge in [0, 0.05) is 16.6 Å². The molecule has 0 amide bonds. The van der Waals surface area contributed by atoms with Crippen molar-refractivity contribution in [1.29, 1.82) is 0 Å². The fourth-order valence-electron chi connectivity index (χ4n) is 2.13. The zero-order valence-electron chi connectivity index (χ0n) is 11.5. The van der Waals surface area contributed by atoms with Crippen molar-refractivity contribution in [1.82, 2.24) is 5.32 Å². The van der Waals surface area contributed by atoms with Gasteiger partial charge in [-0.3, -0.25) is 0 Å². The Labute approximate surface area is 132 Å². The van der Waals surface area contributed by atoms with Crippen LogP contribution in [0.2, 0.25) is 10.0 Å². The number of halogens is 4. The van der Waals surface area contributed by atoms with Gasteiger partial charge in [-0.2, -0.15) is 0 Å². The van der Waals surface area contributed by atoms with Crippen LogP contribution in [0.1, 0.15) is 24.1 Å². The van der Waals surface area contributed by atoms with E-state index in [4.69, 9.17) is 23.2 Å². The minimum Gasteiger partial charge on any atom is -0.310 e. The molecule has 0 aromatic heterocycles. The molecule has 21 heavy (non-hydrogen) atoms. The summed E-state index contributed by atoms with van der Waals surface area (Å²) in [5.74, 6) is -0.735. The van der Waals surface area contributed by atoms with Crippen LogP contribution >= 0.6 is 23.2 Å². The standard InChI is InChI=1S/C16H15Cl2F2N/c1-10(15-13(17)6-7-14(20)16(15)18)21-9-8-11-2-4-12(19)5-3-11/h2-7,10,21H,8-9H2,1H3. The maximum absolute atomic E-state index is 13.5. The molecule has 0 aliphatic rings. The van der Waals surface area contributed by atoms with Crippen LogP contribution in [0.3, 0.4) is 0 Å². The summed E-state index contributed by atoms with van der Waals surface area (Å²) in [5.41, 5.74) is 1.57. The number of benzene rings is 2. The second kappa shape index (κ2) is 7.21. The summed E-state index contributed by atoms with van der Waals surface area (Å²) in [6.07, 6.45) is 0.731. The third kappa shape index (κ3) is 4.16. The lowest BCUT2D eigenvalue weighted by molar-refractivity contribution is 0.567. The van der Waals surface area contributed by atoms with Gasteiger partial charge in [0.15, 0.2) is 0 Å². The van der Waals surface area contributed by atoms with Crippen molar-refractivity contribution in [2.24, 2.45) is 0 Å². The van der Waals surface area contributed by atoms with Gasteiger partial charge in [0.1, 0.15) is 11.6 Å². The van der Waals surface area contributed by atoms with E-state index in [9.17, 15) is 8.78 Å². The third-order valence-electron chi connectivity index (χ3n) is 3.29. The van der Waals surface area contributed by atoms with E-state index < -0.39 is 5.82 Å². The number of rotatable bonds is 5. The molecule has 0 saturated heterocycles. The molecule has 0 saturated carbocycles. The molecular weight excluding hydrogens is 315 g/mol. The minimum absolute atomic E-state index is 0.0456. The van der Waals surface area contributed by atoms with E-state index in [0.717, 1.165) is 12.0 Å². The van der Waals surface area contributed by atoms with Gasteiger partial charge >= 0.3 is 0 Å². The molecule has 0 spiro atoms. The molecule has 1 N–H and O–H groups in total. The number of hydrogen-bond donors (Lipinski definition) is 1. The van der Waals surface area contributed by atoms with Crippen LogP contribution in [0.4, 0.5) is 8.78 Å². The second-order valence-corrected chi connectivity index (χ2v) is 5.59. The molecule has 1 atom stereocenters. The van der Waals surface area contributed by atoms with Crippen molar-refractivity contribution < 1.29 is 8.78 Å². The quantitative estimate of drug-likeness (QED) is 0.746. The van der Waals surface area contributed by atoms with E-state index in [0.29, 0.717) is 17.1 Å². The summed E-state index contributed by atoms with van der Waals surface area (Å²) in [6.45, 7) is 2.52. The minimum atomic E-state index is -0.483. The summed E-state index contributed by atoms with van der Waals surface area (Å²) in [7, 11) is 0. The van der Waals surface area contributed by atoms with Gasteiger partial charge in [-0.1, -0.05) is 35.3 Å². The molecule has 0 heterocycles. The van der Waals surface area contributed by atoms with Crippen molar-refractivity contribution in [3.05, 3.63) is 69.2 Å². The van der Waals surface area contributed by atoms with Gasteiger partial charge in [0.25, 0.3) is 0 Å². The number of nitrogens with one attached hydrogen (secondary N) is 1. The Kier molecular flexibility index (Phi) is 5.57. The first-order valence-corrected chi connectivity index (χ1v) is 7.36. The van der Waals surface area contributed by atoms with Crippen LogP contribution in [-0.2, 0) is 6.42 Å². The van der Waals surface area contributed by atoms with E-state index in [1.165, 1.54) is 24.3 Å². The van der Waals surface area contributed by atoms with Crippen molar-refractivity contribution in [3.63, 3.8) is 0 Å². The molecule has 112 valence electrons. The molecule has 5 heteroatoms. The summed E-state index contributed by atoms with van der Waals surface area (Å²) >= 11 is 12.0. The zero-order chi connectivity index (χ0) is 15.4. The van der Waals surface area contributed by atoms with Crippen LogP contribution < -0.4 is 5.32 Å². The normalized spacial score (nSPS) is 12.4. The predicted octanol–water partition coefficient (Wildman–Crippen LogP) is 5.16. The molecule has 2 aromatic carbocycles. The summed E-state index contributed by atoms with van der Waals surface area (Å²) in [6, 6.07) is 8.91. The van der Waals surface area contributed by atoms with E-state index in [2.05, 4.69) is 5.32 Å². The molecule has 0 aliphatic carbocycles. The maximum Gasteiger partial charge on any atom is 0.142 e. The lowest BCUT2D eigenvalue weighted by Crippen LogP contribution is -2.22.